The molecule has 27 heavy (non-hydrogen) atoms. The molecule has 2 heterocycles. The average molecular weight is 356 g/mol. The van der Waals surface area contributed by atoms with E-state index in [0.717, 1.165) is 22.3 Å². The molecule has 1 N–H and O–H groups in total. The van der Waals surface area contributed by atoms with E-state index >= 15 is 0 Å². The first-order valence-corrected chi connectivity index (χ1v) is 8.43. The number of aryl methyl sites for hydroxylation is 2. The molecule has 0 unspecified atom stereocenters. The van der Waals surface area contributed by atoms with Crippen molar-refractivity contribution in [1.29, 1.82) is 5.26 Å². The van der Waals surface area contributed by atoms with Gasteiger partial charge >= 0.3 is 0 Å². The summed E-state index contributed by atoms with van der Waals surface area (Å²) < 4.78 is 7.41. The van der Waals surface area contributed by atoms with Crippen molar-refractivity contribution < 1.29 is 9.21 Å². The Morgan fingerprint density at radius 3 is 2.59 bits per heavy atom. The largest absolute Gasteiger partial charge is 0.451 e. The van der Waals surface area contributed by atoms with Crippen molar-refractivity contribution in [3.05, 3.63) is 77.2 Å². The summed E-state index contributed by atoms with van der Waals surface area (Å²) in [5.74, 6) is 0.372. The smallest absolute Gasteiger partial charge is 0.292 e. The Bertz CT molecular complexity index is 1190. The van der Waals surface area contributed by atoms with E-state index in [0.29, 0.717) is 17.0 Å². The number of nitrogens with zero attached hydrogens (tertiary/aromatic N) is 3. The SMILES string of the molecule is Cc1c(C(=O)Nc2cc(C)n(-c3ccc(C#N)cc3)n2)oc2ccccc12. The van der Waals surface area contributed by atoms with E-state index in [2.05, 4.69) is 16.5 Å². The number of anilines is 1. The topological polar surface area (TPSA) is 83.9 Å². The van der Waals surface area contributed by atoms with Crippen molar-refractivity contribution in [1.82, 2.24) is 9.78 Å². The van der Waals surface area contributed by atoms with Crippen LogP contribution in [0, 0.1) is 25.2 Å². The zero-order valence-electron chi connectivity index (χ0n) is 14.9. The maximum atomic E-state index is 12.7. The van der Waals surface area contributed by atoms with Crippen LogP contribution >= 0.6 is 0 Å². The first-order valence-electron chi connectivity index (χ1n) is 8.43. The Balaban J connectivity index is 1.62. The minimum atomic E-state index is -0.340. The van der Waals surface area contributed by atoms with Crippen LogP contribution in [0.4, 0.5) is 5.82 Å². The first kappa shape index (κ1) is 16.6. The summed E-state index contributed by atoms with van der Waals surface area (Å²) in [7, 11) is 0. The van der Waals surface area contributed by atoms with Gasteiger partial charge in [-0.15, -0.1) is 5.10 Å². The number of amides is 1. The molecule has 6 nitrogen and oxygen atoms in total. The van der Waals surface area contributed by atoms with Gasteiger partial charge in [-0.1, -0.05) is 18.2 Å². The van der Waals surface area contributed by atoms with Gasteiger partial charge in [0.05, 0.1) is 17.3 Å². The summed E-state index contributed by atoms with van der Waals surface area (Å²) in [6.45, 7) is 3.76. The highest BCUT2D eigenvalue weighted by molar-refractivity contribution is 6.06. The van der Waals surface area contributed by atoms with E-state index in [1.165, 1.54) is 0 Å². The van der Waals surface area contributed by atoms with Crippen molar-refractivity contribution in [2.45, 2.75) is 13.8 Å². The van der Waals surface area contributed by atoms with Crippen molar-refractivity contribution in [3.63, 3.8) is 0 Å². The van der Waals surface area contributed by atoms with Gasteiger partial charge < -0.3 is 9.73 Å². The Morgan fingerprint density at radius 1 is 1.15 bits per heavy atom. The van der Waals surface area contributed by atoms with Crippen LogP contribution in [0.5, 0.6) is 0 Å². The third-order valence-electron chi connectivity index (χ3n) is 4.42. The van der Waals surface area contributed by atoms with Crippen LogP contribution in [-0.2, 0) is 0 Å². The number of para-hydroxylation sites is 1. The molecule has 0 radical (unpaired) electrons. The molecule has 6 heteroatoms. The fourth-order valence-corrected chi connectivity index (χ4v) is 3.04. The second kappa shape index (κ2) is 6.46. The van der Waals surface area contributed by atoms with E-state index in [9.17, 15) is 4.79 Å². The number of hydrogen-bond donors (Lipinski definition) is 1. The van der Waals surface area contributed by atoms with Crippen LogP contribution in [0.25, 0.3) is 16.7 Å². The minimum Gasteiger partial charge on any atom is -0.451 e. The summed E-state index contributed by atoms with van der Waals surface area (Å²) in [6.07, 6.45) is 0. The highest BCUT2D eigenvalue weighted by Crippen LogP contribution is 2.25. The Hall–Kier alpha value is -3.85. The number of rotatable bonds is 3. The zero-order valence-corrected chi connectivity index (χ0v) is 14.9. The number of furan rings is 1. The first-order chi connectivity index (χ1) is 13.1. The lowest BCUT2D eigenvalue weighted by Gasteiger charge is -2.04. The molecule has 1 amide bonds. The summed E-state index contributed by atoms with van der Waals surface area (Å²) in [6, 6.07) is 18.5. The van der Waals surface area contributed by atoms with Crippen LogP contribution in [0.2, 0.25) is 0 Å². The molecule has 0 aliphatic rings. The van der Waals surface area contributed by atoms with Crippen molar-refractivity contribution >= 4 is 22.7 Å². The van der Waals surface area contributed by atoms with E-state index in [-0.39, 0.29) is 11.7 Å². The molecule has 0 saturated carbocycles. The lowest BCUT2D eigenvalue weighted by Crippen LogP contribution is -2.12. The number of hydrogen-bond acceptors (Lipinski definition) is 4. The van der Waals surface area contributed by atoms with Crippen molar-refractivity contribution in [3.8, 4) is 11.8 Å². The van der Waals surface area contributed by atoms with Crippen LogP contribution in [-0.4, -0.2) is 15.7 Å². The van der Waals surface area contributed by atoms with Gasteiger partial charge in [0.1, 0.15) is 5.58 Å². The van der Waals surface area contributed by atoms with Crippen LogP contribution in [0.3, 0.4) is 0 Å². The second-order valence-corrected chi connectivity index (χ2v) is 6.25. The maximum absolute atomic E-state index is 12.7. The minimum absolute atomic E-state index is 0.279. The molecular formula is C21H16N4O2. The number of nitriles is 1. The predicted molar refractivity (Wildman–Crippen MR) is 102 cm³/mol. The van der Waals surface area contributed by atoms with Crippen LogP contribution in [0.15, 0.2) is 59.0 Å². The number of nitrogens with one attached hydrogen (secondary N) is 1. The number of carbonyl (C=O) groups excluding carboxylic acids is 1. The molecule has 2 aromatic carbocycles. The molecule has 4 rings (SSSR count). The summed E-state index contributed by atoms with van der Waals surface area (Å²) in [4.78, 5) is 12.7. The lowest BCUT2D eigenvalue weighted by molar-refractivity contribution is 0.0997. The summed E-state index contributed by atoms with van der Waals surface area (Å²) in [5.41, 5.74) is 3.73. The van der Waals surface area contributed by atoms with Gasteiger partial charge in [-0.05, 0) is 44.2 Å². The van der Waals surface area contributed by atoms with Crippen LogP contribution in [0.1, 0.15) is 27.4 Å². The molecule has 0 fully saturated rings. The van der Waals surface area contributed by atoms with Crippen LogP contribution < -0.4 is 5.32 Å². The Labute approximate surface area is 155 Å². The molecule has 0 aliphatic carbocycles. The molecule has 0 bridgehead atoms. The predicted octanol–water partition coefficient (Wildman–Crippen LogP) is 4.36. The number of benzene rings is 2. The van der Waals surface area contributed by atoms with E-state index in [4.69, 9.17) is 9.68 Å². The van der Waals surface area contributed by atoms with E-state index < -0.39 is 0 Å². The third-order valence-corrected chi connectivity index (χ3v) is 4.42. The molecule has 0 aliphatic heterocycles. The van der Waals surface area contributed by atoms with Gasteiger partial charge in [-0.2, -0.15) is 5.26 Å². The highest BCUT2D eigenvalue weighted by Gasteiger charge is 2.19. The number of fused-ring (bicyclic) bond motifs is 1. The van der Waals surface area contributed by atoms with Gasteiger partial charge in [0.15, 0.2) is 11.6 Å². The number of aromatic nitrogens is 2. The molecule has 4 aromatic rings. The molecule has 2 aromatic heterocycles. The highest BCUT2D eigenvalue weighted by atomic mass is 16.3. The number of carbonyl (C=O) groups is 1. The molecule has 0 atom stereocenters. The molecule has 132 valence electrons. The summed E-state index contributed by atoms with van der Waals surface area (Å²) in [5, 5.41) is 17.1. The van der Waals surface area contributed by atoms with Gasteiger partial charge in [-0.3, -0.25) is 4.79 Å². The normalized spacial score (nSPS) is 10.7. The van der Waals surface area contributed by atoms with Crippen molar-refractivity contribution in [2.75, 3.05) is 5.32 Å². The Morgan fingerprint density at radius 2 is 1.89 bits per heavy atom. The summed E-state index contributed by atoms with van der Waals surface area (Å²) >= 11 is 0. The quantitative estimate of drug-likeness (QED) is 0.591. The molecular weight excluding hydrogens is 340 g/mol. The van der Waals surface area contributed by atoms with Gasteiger partial charge in [0.25, 0.3) is 5.91 Å². The van der Waals surface area contributed by atoms with Gasteiger partial charge in [0, 0.05) is 22.7 Å². The van der Waals surface area contributed by atoms with E-state index in [1.54, 1.807) is 22.9 Å². The zero-order chi connectivity index (χ0) is 19.0. The monoisotopic (exact) mass is 356 g/mol. The third kappa shape index (κ3) is 2.96. The Kier molecular flexibility index (Phi) is 3.98. The lowest BCUT2D eigenvalue weighted by atomic mass is 10.1. The van der Waals surface area contributed by atoms with Gasteiger partial charge in [-0.25, -0.2) is 4.68 Å². The fraction of sp³-hybridized carbons (Fsp3) is 0.0952. The van der Waals surface area contributed by atoms with E-state index in [1.807, 2.05) is 50.2 Å². The fourth-order valence-electron chi connectivity index (χ4n) is 3.04. The average Bonchev–Trinajstić information content (AvgIpc) is 3.22. The maximum Gasteiger partial charge on any atom is 0.292 e. The molecule has 0 spiro atoms. The van der Waals surface area contributed by atoms with Gasteiger partial charge in [0.2, 0.25) is 0 Å². The standard InChI is InChI=1S/C21H16N4O2/c1-13-11-19(24-25(13)16-9-7-15(12-22)8-10-16)23-21(26)20-14(2)17-5-3-4-6-18(17)27-20/h3-11H,1-2H3,(H,23,24,26). The van der Waals surface area contributed by atoms with Crippen molar-refractivity contribution in [2.24, 2.45) is 0 Å². The molecule has 0 saturated heterocycles. The second-order valence-electron chi connectivity index (χ2n) is 6.25.